The Balaban J connectivity index is 2.07. The number of rotatable bonds is 5. The highest BCUT2D eigenvalue weighted by Crippen LogP contribution is 2.26. The number of fused-ring (bicyclic) bond motifs is 1. The molecule has 0 aliphatic heterocycles. The number of aromatic nitrogens is 2. The average Bonchev–Trinajstić information content (AvgIpc) is 2.87. The average molecular weight is 279 g/mol. The van der Waals surface area contributed by atoms with E-state index in [9.17, 15) is 0 Å². The third kappa shape index (κ3) is 2.77. The number of hydrogen-bond acceptors (Lipinski definition) is 2. The highest BCUT2D eigenvalue weighted by Gasteiger charge is 2.11. The summed E-state index contributed by atoms with van der Waals surface area (Å²) in [4.78, 5) is 4.81. The summed E-state index contributed by atoms with van der Waals surface area (Å²) in [5, 5.41) is 0. The zero-order valence-electron chi connectivity index (χ0n) is 12.4. The Morgan fingerprint density at radius 2 is 1.76 bits per heavy atom. The van der Waals surface area contributed by atoms with E-state index < -0.39 is 0 Å². The SMILES string of the molecule is CCCCCn1c(-c2ccc(N)cc2)nc2ccccc21. The first-order valence-electron chi connectivity index (χ1n) is 7.61. The van der Waals surface area contributed by atoms with Crippen LogP contribution >= 0.6 is 0 Å². The van der Waals surface area contributed by atoms with E-state index in [4.69, 9.17) is 10.7 Å². The molecule has 0 saturated carbocycles. The Kier molecular flexibility index (Phi) is 3.91. The largest absolute Gasteiger partial charge is 0.399 e. The molecule has 3 rings (SSSR count). The number of nitrogens with zero attached hydrogens (tertiary/aromatic N) is 2. The van der Waals surface area contributed by atoms with Gasteiger partial charge in [-0.05, 0) is 42.8 Å². The summed E-state index contributed by atoms with van der Waals surface area (Å²) in [6.45, 7) is 3.24. The van der Waals surface area contributed by atoms with Gasteiger partial charge in [0, 0.05) is 17.8 Å². The van der Waals surface area contributed by atoms with E-state index >= 15 is 0 Å². The number of anilines is 1. The fourth-order valence-corrected chi connectivity index (χ4v) is 2.67. The van der Waals surface area contributed by atoms with Crippen molar-refractivity contribution in [3.63, 3.8) is 0 Å². The molecule has 3 nitrogen and oxygen atoms in total. The number of nitrogen functional groups attached to an aromatic ring is 1. The molecule has 0 aliphatic carbocycles. The lowest BCUT2D eigenvalue weighted by atomic mass is 10.2. The number of aryl methyl sites for hydroxylation is 1. The van der Waals surface area contributed by atoms with Crippen molar-refractivity contribution in [1.82, 2.24) is 9.55 Å². The van der Waals surface area contributed by atoms with Crippen molar-refractivity contribution in [2.24, 2.45) is 0 Å². The fraction of sp³-hybridized carbons (Fsp3) is 0.278. The lowest BCUT2D eigenvalue weighted by molar-refractivity contribution is 0.617. The van der Waals surface area contributed by atoms with Crippen LogP contribution in [0.2, 0.25) is 0 Å². The lowest BCUT2D eigenvalue weighted by Crippen LogP contribution is -2.01. The van der Waals surface area contributed by atoms with Gasteiger partial charge in [-0.25, -0.2) is 4.98 Å². The second kappa shape index (κ2) is 6.00. The van der Waals surface area contributed by atoms with Gasteiger partial charge in [0.15, 0.2) is 0 Å². The van der Waals surface area contributed by atoms with Gasteiger partial charge in [-0.2, -0.15) is 0 Å². The topological polar surface area (TPSA) is 43.8 Å². The zero-order valence-corrected chi connectivity index (χ0v) is 12.4. The molecule has 0 bridgehead atoms. The molecule has 108 valence electrons. The molecule has 3 aromatic rings. The summed E-state index contributed by atoms with van der Waals surface area (Å²) in [7, 11) is 0. The van der Waals surface area contributed by atoms with Crippen molar-refractivity contribution in [1.29, 1.82) is 0 Å². The molecule has 0 fully saturated rings. The number of benzene rings is 2. The van der Waals surface area contributed by atoms with Gasteiger partial charge in [-0.15, -0.1) is 0 Å². The highest BCUT2D eigenvalue weighted by atomic mass is 15.1. The van der Waals surface area contributed by atoms with Crippen LogP contribution in [0.1, 0.15) is 26.2 Å². The van der Waals surface area contributed by atoms with E-state index in [0.29, 0.717) is 0 Å². The van der Waals surface area contributed by atoms with E-state index in [0.717, 1.165) is 29.1 Å². The van der Waals surface area contributed by atoms with E-state index in [-0.39, 0.29) is 0 Å². The molecule has 0 saturated heterocycles. The molecular formula is C18H21N3. The summed E-state index contributed by atoms with van der Waals surface area (Å²) in [5.41, 5.74) is 9.96. The minimum absolute atomic E-state index is 0.785. The monoisotopic (exact) mass is 279 g/mol. The highest BCUT2D eigenvalue weighted by molar-refractivity contribution is 5.80. The van der Waals surface area contributed by atoms with Crippen LogP contribution in [0.3, 0.4) is 0 Å². The second-order valence-electron chi connectivity index (χ2n) is 5.40. The van der Waals surface area contributed by atoms with E-state index in [1.807, 2.05) is 30.3 Å². The second-order valence-corrected chi connectivity index (χ2v) is 5.40. The minimum Gasteiger partial charge on any atom is -0.399 e. The first kappa shape index (κ1) is 13.7. The van der Waals surface area contributed by atoms with Gasteiger partial charge in [0.2, 0.25) is 0 Å². The molecule has 0 amide bonds. The van der Waals surface area contributed by atoms with Gasteiger partial charge >= 0.3 is 0 Å². The quantitative estimate of drug-likeness (QED) is 0.553. The molecule has 0 aliphatic rings. The van der Waals surface area contributed by atoms with Crippen molar-refractivity contribution in [3.05, 3.63) is 48.5 Å². The van der Waals surface area contributed by atoms with Crippen LogP contribution in [-0.4, -0.2) is 9.55 Å². The lowest BCUT2D eigenvalue weighted by Gasteiger charge is -2.09. The maximum absolute atomic E-state index is 5.79. The molecule has 21 heavy (non-hydrogen) atoms. The predicted molar refractivity (Wildman–Crippen MR) is 89.1 cm³/mol. The normalized spacial score (nSPS) is 11.1. The van der Waals surface area contributed by atoms with Gasteiger partial charge in [0.25, 0.3) is 0 Å². The van der Waals surface area contributed by atoms with Crippen molar-refractivity contribution in [2.45, 2.75) is 32.7 Å². The zero-order chi connectivity index (χ0) is 14.7. The first-order chi connectivity index (χ1) is 10.3. The third-order valence-corrected chi connectivity index (χ3v) is 3.81. The molecule has 2 N–H and O–H groups in total. The summed E-state index contributed by atoms with van der Waals surface area (Å²) in [6, 6.07) is 16.3. The van der Waals surface area contributed by atoms with Gasteiger partial charge in [0.05, 0.1) is 11.0 Å². The fourth-order valence-electron chi connectivity index (χ4n) is 2.67. The van der Waals surface area contributed by atoms with Crippen LogP contribution < -0.4 is 5.73 Å². The predicted octanol–water partition coefficient (Wildman–Crippen LogP) is 4.48. The Morgan fingerprint density at radius 1 is 1.00 bits per heavy atom. The van der Waals surface area contributed by atoms with E-state index in [1.54, 1.807) is 0 Å². The van der Waals surface area contributed by atoms with Crippen LogP contribution in [0.5, 0.6) is 0 Å². The summed E-state index contributed by atoms with van der Waals surface area (Å²) in [5.74, 6) is 1.03. The summed E-state index contributed by atoms with van der Waals surface area (Å²) in [6.07, 6.45) is 3.65. The molecule has 1 heterocycles. The van der Waals surface area contributed by atoms with Crippen LogP contribution in [0.4, 0.5) is 5.69 Å². The van der Waals surface area contributed by atoms with Gasteiger partial charge in [-0.1, -0.05) is 31.9 Å². The van der Waals surface area contributed by atoms with Gasteiger partial charge < -0.3 is 10.3 Å². The summed E-state index contributed by atoms with van der Waals surface area (Å²) < 4.78 is 2.33. The van der Waals surface area contributed by atoms with Crippen LogP contribution in [-0.2, 0) is 6.54 Å². The van der Waals surface area contributed by atoms with Crippen molar-refractivity contribution in [2.75, 3.05) is 5.73 Å². The summed E-state index contributed by atoms with van der Waals surface area (Å²) >= 11 is 0. The van der Waals surface area contributed by atoms with Crippen molar-refractivity contribution >= 4 is 16.7 Å². The van der Waals surface area contributed by atoms with Crippen molar-refractivity contribution in [3.8, 4) is 11.4 Å². The maximum atomic E-state index is 5.79. The molecule has 3 heteroatoms. The molecule has 1 aromatic heterocycles. The molecular weight excluding hydrogens is 258 g/mol. The number of nitrogens with two attached hydrogens (primary N) is 1. The Hall–Kier alpha value is -2.29. The minimum atomic E-state index is 0.785. The third-order valence-electron chi connectivity index (χ3n) is 3.81. The smallest absolute Gasteiger partial charge is 0.141 e. The van der Waals surface area contributed by atoms with Crippen LogP contribution in [0.15, 0.2) is 48.5 Å². The standard InChI is InChI=1S/C18H21N3/c1-2-3-6-13-21-17-8-5-4-7-16(17)20-18(21)14-9-11-15(19)12-10-14/h4-5,7-12H,2-3,6,13,19H2,1H3. The molecule has 0 spiro atoms. The van der Waals surface area contributed by atoms with E-state index in [2.05, 4.69) is 29.7 Å². The molecule has 0 radical (unpaired) electrons. The van der Waals surface area contributed by atoms with E-state index in [1.165, 1.54) is 24.8 Å². The van der Waals surface area contributed by atoms with Crippen LogP contribution in [0.25, 0.3) is 22.4 Å². The van der Waals surface area contributed by atoms with Gasteiger partial charge in [0.1, 0.15) is 5.82 Å². The van der Waals surface area contributed by atoms with Crippen molar-refractivity contribution < 1.29 is 0 Å². The van der Waals surface area contributed by atoms with Crippen LogP contribution in [0, 0.1) is 0 Å². The van der Waals surface area contributed by atoms with Gasteiger partial charge in [-0.3, -0.25) is 0 Å². The number of imidazole rings is 1. The first-order valence-corrected chi connectivity index (χ1v) is 7.61. The molecule has 0 unspecified atom stereocenters. The molecule has 2 aromatic carbocycles. The maximum Gasteiger partial charge on any atom is 0.141 e. The Morgan fingerprint density at radius 3 is 2.52 bits per heavy atom. The molecule has 0 atom stereocenters. The number of unbranched alkanes of at least 4 members (excludes halogenated alkanes) is 2. The Bertz CT molecular complexity index is 726. The Labute approximate surface area is 125 Å². The number of hydrogen-bond donors (Lipinski definition) is 1. The number of para-hydroxylation sites is 2.